The van der Waals surface area contributed by atoms with Gasteiger partial charge in [-0.3, -0.25) is 14.9 Å². The summed E-state index contributed by atoms with van der Waals surface area (Å²) in [5.41, 5.74) is -0.251. The summed E-state index contributed by atoms with van der Waals surface area (Å²) in [6, 6.07) is 2.01. The molecule has 0 fully saturated rings. The molecule has 1 atom stereocenters. The first-order chi connectivity index (χ1) is 9.85. The molecule has 0 spiro atoms. The first kappa shape index (κ1) is 16.7. The first-order valence-corrected chi connectivity index (χ1v) is 6.32. The predicted molar refractivity (Wildman–Crippen MR) is 74.1 cm³/mol. The Balaban J connectivity index is 2.81. The molecule has 7 nitrogen and oxygen atoms in total. The van der Waals surface area contributed by atoms with Gasteiger partial charge in [-0.1, -0.05) is 6.92 Å². The van der Waals surface area contributed by atoms with Gasteiger partial charge in [0.25, 0.3) is 5.69 Å². The maximum Gasteiger partial charge on any atom is 0.303 e. The van der Waals surface area contributed by atoms with Crippen molar-refractivity contribution < 1.29 is 24.0 Å². The quantitative estimate of drug-likeness (QED) is 0.565. The average Bonchev–Trinajstić information content (AvgIpc) is 2.43. The summed E-state index contributed by atoms with van der Waals surface area (Å²) >= 11 is 0. The molecule has 2 N–H and O–H groups in total. The molecule has 0 saturated heterocycles. The van der Waals surface area contributed by atoms with Crippen molar-refractivity contribution in [3.05, 3.63) is 28.1 Å². The molecule has 1 aromatic carbocycles. The molecule has 0 aliphatic carbocycles. The van der Waals surface area contributed by atoms with E-state index in [1.807, 2.05) is 6.92 Å². The highest BCUT2D eigenvalue weighted by Crippen LogP contribution is 2.31. The molecule has 1 unspecified atom stereocenters. The van der Waals surface area contributed by atoms with E-state index in [9.17, 15) is 19.3 Å². The molecule has 0 saturated carbocycles. The highest BCUT2D eigenvalue weighted by molar-refractivity contribution is 5.66. The fourth-order valence-corrected chi connectivity index (χ4v) is 1.75. The van der Waals surface area contributed by atoms with Crippen LogP contribution in [-0.4, -0.2) is 29.7 Å². The van der Waals surface area contributed by atoms with Crippen molar-refractivity contribution in [3.8, 4) is 5.75 Å². The number of carbonyl (C=O) groups is 1. The van der Waals surface area contributed by atoms with Gasteiger partial charge in [0, 0.05) is 19.0 Å². The molecule has 1 rings (SSSR count). The molecule has 0 aliphatic rings. The molecular formula is C13H17FN2O5. The first-order valence-electron chi connectivity index (χ1n) is 6.32. The molecule has 1 aromatic rings. The van der Waals surface area contributed by atoms with Gasteiger partial charge in [-0.2, -0.15) is 0 Å². The van der Waals surface area contributed by atoms with Crippen molar-refractivity contribution in [3.63, 3.8) is 0 Å². The minimum absolute atomic E-state index is 0.00301. The number of nitro benzene ring substituents is 1. The number of carboxylic acid groups (broad SMARTS) is 1. The van der Waals surface area contributed by atoms with Gasteiger partial charge in [-0.15, -0.1) is 0 Å². The number of carboxylic acids is 1. The van der Waals surface area contributed by atoms with Crippen molar-refractivity contribution >= 4 is 17.3 Å². The zero-order valence-electron chi connectivity index (χ0n) is 11.8. The van der Waals surface area contributed by atoms with Gasteiger partial charge in [0.05, 0.1) is 18.1 Å². The van der Waals surface area contributed by atoms with Crippen LogP contribution in [0.3, 0.4) is 0 Å². The van der Waals surface area contributed by atoms with Crippen molar-refractivity contribution in [2.24, 2.45) is 5.92 Å². The molecule has 0 radical (unpaired) electrons. The maximum atomic E-state index is 13.5. The van der Waals surface area contributed by atoms with E-state index in [4.69, 9.17) is 9.84 Å². The number of aliphatic carboxylic acids is 1. The van der Waals surface area contributed by atoms with Gasteiger partial charge < -0.3 is 15.2 Å². The number of methoxy groups -OCH3 is 1. The Morgan fingerprint density at radius 1 is 1.57 bits per heavy atom. The zero-order chi connectivity index (χ0) is 16.0. The van der Waals surface area contributed by atoms with Crippen LogP contribution in [-0.2, 0) is 4.79 Å². The summed E-state index contributed by atoms with van der Waals surface area (Å²) in [4.78, 5) is 20.7. The molecule has 0 bridgehead atoms. The van der Waals surface area contributed by atoms with Gasteiger partial charge in [0.15, 0.2) is 11.6 Å². The summed E-state index contributed by atoms with van der Waals surface area (Å²) in [7, 11) is 1.27. The summed E-state index contributed by atoms with van der Waals surface area (Å²) in [5.74, 6) is -1.80. The largest absolute Gasteiger partial charge is 0.494 e. The summed E-state index contributed by atoms with van der Waals surface area (Å²) < 4.78 is 18.3. The minimum Gasteiger partial charge on any atom is -0.494 e. The van der Waals surface area contributed by atoms with Crippen molar-refractivity contribution in [2.45, 2.75) is 19.8 Å². The van der Waals surface area contributed by atoms with E-state index in [-0.39, 0.29) is 23.8 Å². The Bertz CT molecular complexity index is 536. The molecule has 0 aliphatic heterocycles. The predicted octanol–water partition coefficient (Wildman–Crippen LogP) is 2.66. The summed E-state index contributed by atoms with van der Waals surface area (Å²) in [5, 5.41) is 22.3. The van der Waals surface area contributed by atoms with Crippen molar-refractivity contribution in [1.82, 2.24) is 0 Å². The van der Waals surface area contributed by atoms with E-state index in [0.717, 1.165) is 6.07 Å². The van der Waals surface area contributed by atoms with Crippen LogP contribution in [0, 0.1) is 21.8 Å². The second-order valence-electron chi connectivity index (χ2n) is 4.68. The van der Waals surface area contributed by atoms with E-state index >= 15 is 0 Å². The number of rotatable bonds is 8. The highest BCUT2D eigenvalue weighted by Gasteiger charge is 2.19. The monoisotopic (exact) mass is 300 g/mol. The summed E-state index contributed by atoms with van der Waals surface area (Å²) in [6.45, 7) is 2.16. The maximum absolute atomic E-state index is 13.5. The topological polar surface area (TPSA) is 102 Å². The number of nitrogens with one attached hydrogen (secondary N) is 1. The number of ether oxygens (including phenoxy) is 1. The van der Waals surface area contributed by atoms with Gasteiger partial charge in [-0.25, -0.2) is 4.39 Å². The lowest BCUT2D eigenvalue weighted by Crippen LogP contribution is -2.14. The van der Waals surface area contributed by atoms with E-state index in [1.165, 1.54) is 13.2 Å². The molecule has 116 valence electrons. The second-order valence-corrected chi connectivity index (χ2v) is 4.68. The molecule has 0 amide bonds. The van der Waals surface area contributed by atoms with E-state index in [0.29, 0.717) is 13.0 Å². The Morgan fingerprint density at radius 2 is 2.24 bits per heavy atom. The van der Waals surface area contributed by atoms with Gasteiger partial charge in [0.1, 0.15) is 5.69 Å². The van der Waals surface area contributed by atoms with Crippen LogP contribution in [0.25, 0.3) is 0 Å². The third kappa shape index (κ3) is 4.90. The van der Waals surface area contributed by atoms with E-state index in [2.05, 4.69) is 5.32 Å². The number of hydrogen-bond acceptors (Lipinski definition) is 5. The number of hydrogen-bond donors (Lipinski definition) is 2. The van der Waals surface area contributed by atoms with Gasteiger partial charge in [-0.05, 0) is 12.3 Å². The number of anilines is 1. The normalized spacial score (nSPS) is 11.8. The molecule has 0 heterocycles. The number of nitrogens with zero attached hydrogens (tertiary/aromatic N) is 1. The minimum atomic E-state index is -0.892. The Hall–Kier alpha value is -2.38. The molecular weight excluding hydrogens is 283 g/mol. The highest BCUT2D eigenvalue weighted by atomic mass is 19.1. The standard InChI is InChI=1S/C13H17FN2O5/c1-8(3-4-13(17)18)7-15-10-6-12(21-2)9(14)5-11(10)16(19)20/h5-6,8,15H,3-4,7H2,1-2H3,(H,17,18). The van der Waals surface area contributed by atoms with Crippen molar-refractivity contribution in [2.75, 3.05) is 19.0 Å². The van der Waals surface area contributed by atoms with Crippen LogP contribution in [0.1, 0.15) is 19.8 Å². The SMILES string of the molecule is COc1cc(NCC(C)CCC(=O)O)c([N+](=O)[O-])cc1F. The number of nitro groups is 1. The van der Waals surface area contributed by atoms with E-state index in [1.54, 1.807) is 0 Å². The fraction of sp³-hybridized carbons (Fsp3) is 0.462. The lowest BCUT2D eigenvalue weighted by atomic mass is 10.1. The lowest BCUT2D eigenvalue weighted by Gasteiger charge is -2.13. The molecule has 0 aromatic heterocycles. The van der Waals surface area contributed by atoms with Crippen LogP contribution < -0.4 is 10.1 Å². The van der Waals surface area contributed by atoms with Gasteiger partial charge >= 0.3 is 5.97 Å². The average molecular weight is 300 g/mol. The Labute approximate surface area is 120 Å². The van der Waals surface area contributed by atoms with Crippen LogP contribution in [0.5, 0.6) is 5.75 Å². The molecule has 21 heavy (non-hydrogen) atoms. The van der Waals surface area contributed by atoms with Crippen LogP contribution in [0.4, 0.5) is 15.8 Å². The van der Waals surface area contributed by atoms with Crippen LogP contribution >= 0.6 is 0 Å². The van der Waals surface area contributed by atoms with E-state index < -0.39 is 22.4 Å². The van der Waals surface area contributed by atoms with Crippen molar-refractivity contribution in [1.29, 1.82) is 0 Å². The number of benzene rings is 1. The third-order valence-corrected chi connectivity index (χ3v) is 2.96. The second kappa shape index (κ2) is 7.41. The Morgan fingerprint density at radius 3 is 2.76 bits per heavy atom. The fourth-order valence-electron chi connectivity index (χ4n) is 1.75. The zero-order valence-corrected chi connectivity index (χ0v) is 11.8. The lowest BCUT2D eigenvalue weighted by molar-refractivity contribution is -0.384. The Kier molecular flexibility index (Phi) is 5.89. The third-order valence-electron chi connectivity index (χ3n) is 2.96. The summed E-state index contributed by atoms with van der Waals surface area (Å²) in [6.07, 6.45) is 0.464. The van der Waals surface area contributed by atoms with Gasteiger partial charge in [0.2, 0.25) is 0 Å². The smallest absolute Gasteiger partial charge is 0.303 e. The molecule has 8 heteroatoms. The number of halogens is 1. The van der Waals surface area contributed by atoms with Crippen LogP contribution in [0.15, 0.2) is 12.1 Å². The van der Waals surface area contributed by atoms with Crippen LogP contribution in [0.2, 0.25) is 0 Å².